The molecule has 190 valence electrons. The van der Waals surface area contributed by atoms with E-state index in [9.17, 15) is 13.2 Å². The summed E-state index contributed by atoms with van der Waals surface area (Å²) in [5.74, 6) is -0.508. The second kappa shape index (κ2) is 8.85. The molecule has 0 radical (unpaired) electrons. The monoisotopic (exact) mass is 506 g/mol. The summed E-state index contributed by atoms with van der Waals surface area (Å²) >= 11 is 0. The van der Waals surface area contributed by atoms with Crippen molar-refractivity contribution in [3.05, 3.63) is 36.3 Å². The quantitative estimate of drug-likeness (QED) is 0.399. The molecule has 1 N–H and O–H groups in total. The van der Waals surface area contributed by atoms with Gasteiger partial charge in [0, 0.05) is 31.0 Å². The number of anilines is 1. The highest BCUT2D eigenvalue weighted by molar-refractivity contribution is 5.84. The Morgan fingerprint density at radius 2 is 2.00 bits per heavy atom. The van der Waals surface area contributed by atoms with Gasteiger partial charge in [-0.1, -0.05) is 0 Å². The first kappa shape index (κ1) is 22.9. The van der Waals surface area contributed by atoms with Crippen LogP contribution in [0.25, 0.3) is 22.4 Å². The van der Waals surface area contributed by atoms with Gasteiger partial charge in [-0.15, -0.1) is 5.10 Å². The number of methoxy groups -OCH3 is 1. The van der Waals surface area contributed by atoms with Crippen LogP contribution in [0, 0.1) is 5.82 Å². The Morgan fingerprint density at radius 1 is 1.19 bits per heavy atom. The number of hydrogen-bond acceptors (Lipinski definition) is 8. The van der Waals surface area contributed by atoms with Crippen molar-refractivity contribution >= 4 is 17.2 Å². The van der Waals surface area contributed by atoms with Crippen LogP contribution >= 0.6 is 0 Å². The molecule has 0 spiro atoms. The fraction of sp³-hybridized carbons (Fsp3) is 0.455. The Hall–Kier alpha value is -3.52. The van der Waals surface area contributed by atoms with Crippen molar-refractivity contribution in [3.8, 4) is 17.0 Å². The lowest BCUT2D eigenvalue weighted by atomic mass is 10.0. The van der Waals surface area contributed by atoms with E-state index in [1.165, 1.54) is 24.0 Å². The predicted molar refractivity (Wildman–Crippen MR) is 120 cm³/mol. The number of nitrogens with one attached hydrogen (secondary N) is 1. The number of rotatable bonds is 6. The number of aromatic nitrogens is 6. The van der Waals surface area contributed by atoms with E-state index in [-0.39, 0.29) is 52.5 Å². The minimum Gasteiger partial charge on any atom is -0.479 e. The van der Waals surface area contributed by atoms with Crippen molar-refractivity contribution in [1.29, 1.82) is 0 Å². The number of nitrogens with zero attached hydrogens (tertiary/aromatic N) is 7. The maximum atomic E-state index is 15.2. The third-order valence-corrected chi connectivity index (χ3v) is 6.68. The number of alkyl halides is 3. The number of likely N-dealkylation sites (tertiary alicyclic amines) is 1. The summed E-state index contributed by atoms with van der Waals surface area (Å²) in [6.07, 6.45) is 1.40. The number of imidazole rings is 1. The number of halogens is 4. The van der Waals surface area contributed by atoms with Gasteiger partial charge in [-0.2, -0.15) is 4.98 Å². The average Bonchev–Trinajstić information content (AvgIpc) is 3.39. The predicted octanol–water partition coefficient (Wildman–Crippen LogP) is 2.75. The molecule has 0 saturated carbocycles. The molecule has 10 nitrogen and oxygen atoms in total. The fourth-order valence-corrected chi connectivity index (χ4v) is 4.70. The fourth-order valence-electron chi connectivity index (χ4n) is 4.70. The summed E-state index contributed by atoms with van der Waals surface area (Å²) in [6, 6.07) is -0.268. The molecular weight excluding hydrogens is 484 g/mol. The molecule has 0 bridgehead atoms. The smallest absolute Gasteiger partial charge is 0.280 e. The molecule has 0 aliphatic carbocycles. The summed E-state index contributed by atoms with van der Waals surface area (Å²) in [6.45, 7) is 2.22. The molecule has 0 amide bonds. The molecule has 4 aromatic rings. The first-order valence-electron chi connectivity index (χ1n) is 11.4. The third kappa shape index (κ3) is 3.80. The second-order valence-corrected chi connectivity index (χ2v) is 8.83. The van der Waals surface area contributed by atoms with Gasteiger partial charge in [0.05, 0.1) is 50.4 Å². The molecule has 2 fully saturated rings. The van der Waals surface area contributed by atoms with Gasteiger partial charge < -0.3 is 14.8 Å². The van der Waals surface area contributed by atoms with E-state index in [0.29, 0.717) is 26.2 Å². The molecule has 2 saturated heterocycles. The standard InChI is InChI=1S/C22H22F4N8O2/c1-35-20-18-17(11-4-27-22-28-5-16(19(25)26)33(22)6-11)14(24)8-34(18)31-21(30-20)29-15-2-3-32(7-13(15)23)12-9-36-10-12/h4-6,8,12-13,15,19H,2-3,7,9-10H2,1H3,(H,29,31)/t13-,15-/m1/s1. The highest BCUT2D eigenvalue weighted by Crippen LogP contribution is 2.34. The van der Waals surface area contributed by atoms with Crippen molar-refractivity contribution in [2.24, 2.45) is 0 Å². The van der Waals surface area contributed by atoms with Gasteiger partial charge in [0.25, 0.3) is 6.43 Å². The van der Waals surface area contributed by atoms with E-state index in [4.69, 9.17) is 9.47 Å². The van der Waals surface area contributed by atoms with Crippen LogP contribution in [0.15, 0.2) is 24.8 Å². The lowest BCUT2D eigenvalue weighted by Gasteiger charge is -2.42. The minimum absolute atomic E-state index is 0.0288. The van der Waals surface area contributed by atoms with Gasteiger partial charge in [-0.3, -0.25) is 9.30 Å². The number of piperidine rings is 1. The van der Waals surface area contributed by atoms with E-state index < -0.39 is 24.5 Å². The number of fused-ring (bicyclic) bond motifs is 2. The third-order valence-electron chi connectivity index (χ3n) is 6.68. The van der Waals surface area contributed by atoms with Crippen LogP contribution in [0.4, 0.5) is 23.5 Å². The highest BCUT2D eigenvalue weighted by Gasteiger charge is 2.36. The summed E-state index contributed by atoms with van der Waals surface area (Å²) in [5, 5.41) is 7.33. The topological polar surface area (TPSA) is 94.1 Å². The first-order chi connectivity index (χ1) is 17.4. The first-order valence-corrected chi connectivity index (χ1v) is 11.4. The van der Waals surface area contributed by atoms with Gasteiger partial charge in [0.2, 0.25) is 17.6 Å². The molecule has 36 heavy (non-hydrogen) atoms. The van der Waals surface area contributed by atoms with Crippen molar-refractivity contribution in [2.75, 3.05) is 38.7 Å². The van der Waals surface area contributed by atoms with Gasteiger partial charge in [-0.05, 0) is 6.42 Å². The molecule has 0 unspecified atom stereocenters. The number of ether oxygens (including phenoxy) is 2. The summed E-state index contributed by atoms with van der Waals surface area (Å²) in [5.41, 5.74) is 0.0499. The van der Waals surface area contributed by atoms with Crippen LogP contribution in [0.5, 0.6) is 5.88 Å². The maximum absolute atomic E-state index is 15.2. The van der Waals surface area contributed by atoms with E-state index in [1.807, 2.05) is 0 Å². The Bertz CT molecular complexity index is 1420. The molecule has 4 aromatic heterocycles. The zero-order valence-electron chi connectivity index (χ0n) is 19.1. The van der Waals surface area contributed by atoms with Crippen LogP contribution in [-0.4, -0.2) is 85.5 Å². The van der Waals surface area contributed by atoms with Crippen molar-refractivity contribution in [1.82, 2.24) is 33.9 Å². The summed E-state index contributed by atoms with van der Waals surface area (Å²) in [7, 11) is 1.37. The van der Waals surface area contributed by atoms with Gasteiger partial charge in [-0.25, -0.2) is 32.0 Å². The molecule has 2 aliphatic rings. The Morgan fingerprint density at radius 3 is 2.69 bits per heavy atom. The van der Waals surface area contributed by atoms with Crippen molar-refractivity contribution in [3.63, 3.8) is 0 Å². The van der Waals surface area contributed by atoms with Gasteiger partial charge in [0.15, 0.2) is 5.82 Å². The highest BCUT2D eigenvalue weighted by atomic mass is 19.3. The molecule has 2 atom stereocenters. The molecule has 6 rings (SSSR count). The Kier molecular flexibility index (Phi) is 5.63. The Labute approximate surface area is 201 Å². The maximum Gasteiger partial charge on any atom is 0.280 e. The van der Waals surface area contributed by atoms with E-state index in [0.717, 1.165) is 16.8 Å². The van der Waals surface area contributed by atoms with Crippen LogP contribution in [0.1, 0.15) is 18.5 Å². The largest absolute Gasteiger partial charge is 0.479 e. The zero-order valence-corrected chi connectivity index (χ0v) is 19.1. The van der Waals surface area contributed by atoms with Crippen LogP contribution < -0.4 is 10.1 Å². The molecule has 6 heterocycles. The van der Waals surface area contributed by atoms with Gasteiger partial charge >= 0.3 is 0 Å². The van der Waals surface area contributed by atoms with E-state index in [1.54, 1.807) is 0 Å². The lowest BCUT2D eigenvalue weighted by Crippen LogP contribution is -2.57. The van der Waals surface area contributed by atoms with Crippen LogP contribution in [0.2, 0.25) is 0 Å². The molecule has 14 heteroatoms. The van der Waals surface area contributed by atoms with Crippen molar-refractivity contribution in [2.45, 2.75) is 31.1 Å². The molecule has 0 aromatic carbocycles. The van der Waals surface area contributed by atoms with E-state index >= 15 is 4.39 Å². The average molecular weight is 506 g/mol. The van der Waals surface area contributed by atoms with Crippen LogP contribution in [0.3, 0.4) is 0 Å². The van der Waals surface area contributed by atoms with Gasteiger partial charge in [0.1, 0.15) is 17.4 Å². The van der Waals surface area contributed by atoms with Crippen LogP contribution in [-0.2, 0) is 4.74 Å². The Balaban J connectivity index is 1.33. The van der Waals surface area contributed by atoms with E-state index in [2.05, 4.69) is 30.3 Å². The minimum atomic E-state index is -2.78. The summed E-state index contributed by atoms with van der Waals surface area (Å²) in [4.78, 5) is 14.3. The normalized spacial score (nSPS) is 21.4. The number of hydrogen-bond donors (Lipinski definition) is 1. The second-order valence-electron chi connectivity index (χ2n) is 8.83. The molecular formula is C22H22F4N8O2. The lowest BCUT2D eigenvalue weighted by molar-refractivity contribution is -0.0794. The van der Waals surface area contributed by atoms with Crippen molar-refractivity contribution < 1.29 is 27.0 Å². The summed E-state index contributed by atoms with van der Waals surface area (Å²) < 4.78 is 69.7. The zero-order chi connectivity index (χ0) is 25.0. The molecule has 2 aliphatic heterocycles. The SMILES string of the molecule is COc1nc(N[C@@H]2CCN(C3COC3)C[C@H]2F)nn2cc(F)c(-c3cnc4ncc(C(F)F)n4c3)c12.